The Labute approximate surface area is 212 Å². The Morgan fingerprint density at radius 1 is 0.853 bits per heavy atom. The normalized spacial score (nSPS) is 13.5. The van der Waals surface area contributed by atoms with Gasteiger partial charge in [0.25, 0.3) is 17.7 Å². The Kier molecular flexibility index (Phi) is 6.81. The second kappa shape index (κ2) is 9.64. The molecule has 172 valence electrons. The van der Waals surface area contributed by atoms with Gasteiger partial charge in [-0.25, -0.2) is 9.29 Å². The zero-order chi connectivity index (χ0) is 24.6. The van der Waals surface area contributed by atoms with Crippen LogP contribution < -0.4 is 15.5 Å². The summed E-state index contributed by atoms with van der Waals surface area (Å²) in [7, 11) is 0. The first kappa shape index (κ1) is 24.0. The van der Waals surface area contributed by atoms with Gasteiger partial charge in [0.05, 0.1) is 21.4 Å². The van der Waals surface area contributed by atoms with Crippen LogP contribution in [0.2, 0.25) is 15.1 Å². The topological polar surface area (TPSA) is 78.5 Å². The molecule has 0 radical (unpaired) electrons. The van der Waals surface area contributed by atoms with Crippen LogP contribution in [0.25, 0.3) is 0 Å². The van der Waals surface area contributed by atoms with E-state index in [1.54, 1.807) is 0 Å². The Morgan fingerprint density at radius 3 is 2.09 bits per heavy atom. The Hall–Kier alpha value is -3.10. The number of rotatable bonds is 5. The molecule has 1 aliphatic rings. The minimum Gasteiger partial charge on any atom is -0.350 e. The predicted molar refractivity (Wildman–Crippen MR) is 131 cm³/mol. The summed E-state index contributed by atoms with van der Waals surface area (Å²) in [5.74, 6) is -2.90. The largest absolute Gasteiger partial charge is 0.350 e. The molecule has 0 bridgehead atoms. The van der Waals surface area contributed by atoms with E-state index < -0.39 is 23.5 Å². The lowest BCUT2D eigenvalue weighted by Crippen LogP contribution is -2.33. The molecule has 0 fully saturated rings. The van der Waals surface area contributed by atoms with E-state index in [0.29, 0.717) is 15.6 Å². The van der Waals surface area contributed by atoms with Gasteiger partial charge in [-0.15, -0.1) is 0 Å². The predicted octanol–water partition coefficient (Wildman–Crippen LogP) is 6.47. The van der Waals surface area contributed by atoms with Crippen molar-refractivity contribution in [2.75, 3.05) is 15.5 Å². The number of para-hydroxylation sites is 1. The highest BCUT2D eigenvalue weighted by molar-refractivity contribution is 6.53. The number of nitrogens with zero attached hydrogens (tertiary/aromatic N) is 1. The number of hydrogen-bond donors (Lipinski definition) is 2. The monoisotopic (exact) mass is 537 g/mol. The van der Waals surface area contributed by atoms with Gasteiger partial charge < -0.3 is 10.6 Å². The van der Waals surface area contributed by atoms with Crippen molar-refractivity contribution in [1.29, 1.82) is 0 Å². The zero-order valence-electron chi connectivity index (χ0n) is 16.8. The summed E-state index contributed by atoms with van der Waals surface area (Å²) in [6.45, 7) is 0. The van der Waals surface area contributed by atoms with Gasteiger partial charge in [0.1, 0.15) is 16.5 Å². The first-order valence-electron chi connectivity index (χ1n) is 9.53. The van der Waals surface area contributed by atoms with Gasteiger partial charge in [0.2, 0.25) is 0 Å². The fraction of sp³-hybridized carbons (Fsp3) is 0. The molecule has 0 unspecified atom stereocenters. The highest BCUT2D eigenvalue weighted by Gasteiger charge is 2.40. The van der Waals surface area contributed by atoms with Gasteiger partial charge in [-0.3, -0.25) is 14.4 Å². The number of nitrogens with one attached hydrogen (secondary N) is 2. The number of anilines is 3. The third-order valence-corrected chi connectivity index (χ3v) is 5.95. The zero-order valence-corrected chi connectivity index (χ0v) is 19.9. The summed E-state index contributed by atoms with van der Waals surface area (Å²) < 4.78 is 14.1. The Balaban J connectivity index is 1.51. The van der Waals surface area contributed by atoms with Crippen molar-refractivity contribution in [1.82, 2.24) is 0 Å². The minimum atomic E-state index is -0.855. The van der Waals surface area contributed by atoms with E-state index in [2.05, 4.69) is 10.6 Å². The molecule has 3 aromatic carbocycles. The van der Waals surface area contributed by atoms with Crippen molar-refractivity contribution < 1.29 is 18.8 Å². The maximum Gasteiger partial charge on any atom is 0.283 e. The first-order valence-corrected chi connectivity index (χ1v) is 11.0. The highest BCUT2D eigenvalue weighted by Crippen LogP contribution is 2.34. The van der Waals surface area contributed by atoms with Gasteiger partial charge in [-0.05, 0) is 48.5 Å². The van der Waals surface area contributed by atoms with Crippen LogP contribution in [0.15, 0.2) is 71.4 Å². The van der Waals surface area contributed by atoms with E-state index in [-0.39, 0.29) is 37.7 Å². The molecular formula is C23H12Cl4FN3O3. The lowest BCUT2D eigenvalue weighted by Gasteiger charge is -2.15. The fourth-order valence-corrected chi connectivity index (χ4v) is 4.28. The van der Waals surface area contributed by atoms with Gasteiger partial charge in [0, 0.05) is 16.3 Å². The van der Waals surface area contributed by atoms with Gasteiger partial charge in [-0.2, -0.15) is 0 Å². The van der Waals surface area contributed by atoms with Crippen LogP contribution in [0, 0.1) is 5.82 Å². The maximum atomic E-state index is 14.1. The Bertz CT molecular complexity index is 1350. The molecule has 3 aromatic rings. The minimum absolute atomic E-state index is 0.175. The Morgan fingerprint density at radius 2 is 1.47 bits per heavy atom. The maximum absolute atomic E-state index is 14.1. The molecule has 3 amide bonds. The molecular weight excluding hydrogens is 527 g/mol. The molecule has 0 spiro atoms. The van der Waals surface area contributed by atoms with Crippen molar-refractivity contribution in [2.24, 2.45) is 0 Å². The lowest BCUT2D eigenvalue weighted by atomic mass is 10.2. The van der Waals surface area contributed by atoms with E-state index in [1.165, 1.54) is 54.6 Å². The molecule has 2 N–H and O–H groups in total. The van der Waals surface area contributed by atoms with Crippen LogP contribution >= 0.6 is 46.4 Å². The second-order valence-electron chi connectivity index (χ2n) is 6.99. The molecule has 0 saturated heterocycles. The standard InChI is InChI=1S/C23H12Cl4FN3O3/c24-12-9-14(25)19(15(26)10-12)30-21(32)11-5-7-13(8-6-11)29-20-18(27)22(33)31(23(20)34)17-4-2-1-3-16(17)28/h1-10,29H,(H,30,32). The molecule has 1 heterocycles. The third-order valence-electron chi connectivity index (χ3n) is 4.78. The highest BCUT2D eigenvalue weighted by atomic mass is 35.5. The summed E-state index contributed by atoms with van der Waals surface area (Å²) in [5.41, 5.74) is 0.407. The smallest absolute Gasteiger partial charge is 0.283 e. The van der Waals surface area contributed by atoms with Crippen LogP contribution in [-0.2, 0) is 9.59 Å². The van der Waals surface area contributed by atoms with E-state index >= 15 is 0 Å². The molecule has 4 rings (SSSR count). The van der Waals surface area contributed by atoms with Gasteiger partial charge >= 0.3 is 0 Å². The molecule has 6 nitrogen and oxygen atoms in total. The number of carbonyl (C=O) groups is 3. The number of hydrogen-bond acceptors (Lipinski definition) is 4. The summed E-state index contributed by atoms with van der Waals surface area (Å²) in [4.78, 5) is 38.5. The van der Waals surface area contributed by atoms with Crippen LogP contribution in [0.1, 0.15) is 10.4 Å². The summed E-state index contributed by atoms with van der Waals surface area (Å²) in [6.07, 6.45) is 0. The molecule has 0 aromatic heterocycles. The second-order valence-corrected chi connectivity index (χ2v) is 8.62. The van der Waals surface area contributed by atoms with Crippen LogP contribution in [0.4, 0.5) is 21.5 Å². The average molecular weight is 539 g/mol. The molecule has 0 aliphatic carbocycles. The van der Waals surface area contributed by atoms with Crippen molar-refractivity contribution in [2.45, 2.75) is 0 Å². The van der Waals surface area contributed by atoms with Gasteiger partial charge in [-0.1, -0.05) is 58.5 Å². The van der Waals surface area contributed by atoms with E-state index in [4.69, 9.17) is 46.4 Å². The molecule has 34 heavy (non-hydrogen) atoms. The SMILES string of the molecule is O=C(Nc1c(Cl)cc(Cl)cc1Cl)c1ccc(NC2=C(Cl)C(=O)N(c3ccccc3F)C2=O)cc1. The van der Waals surface area contributed by atoms with Crippen LogP contribution in [0.3, 0.4) is 0 Å². The van der Waals surface area contributed by atoms with E-state index in [1.807, 2.05) is 0 Å². The fourth-order valence-electron chi connectivity index (χ4n) is 3.16. The first-order chi connectivity index (χ1) is 16.2. The third kappa shape index (κ3) is 4.60. The quantitative estimate of drug-likeness (QED) is 0.365. The van der Waals surface area contributed by atoms with Crippen LogP contribution in [-0.4, -0.2) is 17.7 Å². The number of carbonyl (C=O) groups excluding carboxylic acids is 3. The van der Waals surface area contributed by atoms with Crippen LogP contribution in [0.5, 0.6) is 0 Å². The van der Waals surface area contributed by atoms with E-state index in [0.717, 1.165) is 6.07 Å². The molecule has 11 heteroatoms. The number of benzene rings is 3. The molecule has 0 atom stereocenters. The van der Waals surface area contributed by atoms with Gasteiger partial charge in [0.15, 0.2) is 0 Å². The van der Waals surface area contributed by atoms with Crippen molar-refractivity contribution in [3.05, 3.63) is 97.8 Å². The van der Waals surface area contributed by atoms with E-state index in [9.17, 15) is 18.8 Å². The molecule has 1 aliphatic heterocycles. The number of halogens is 5. The summed E-state index contributed by atoms with van der Waals surface area (Å²) in [6, 6.07) is 14.2. The lowest BCUT2D eigenvalue weighted by molar-refractivity contribution is -0.120. The van der Waals surface area contributed by atoms with Crippen molar-refractivity contribution in [3.8, 4) is 0 Å². The summed E-state index contributed by atoms with van der Waals surface area (Å²) >= 11 is 24.1. The summed E-state index contributed by atoms with van der Waals surface area (Å²) in [5, 5.41) is 5.65. The number of imide groups is 1. The van der Waals surface area contributed by atoms with Crippen molar-refractivity contribution >= 4 is 81.2 Å². The molecule has 0 saturated carbocycles. The number of amides is 3. The van der Waals surface area contributed by atoms with Crippen molar-refractivity contribution in [3.63, 3.8) is 0 Å². The average Bonchev–Trinajstić information content (AvgIpc) is 3.00.